The average Bonchev–Trinajstić information content (AvgIpc) is 2.26. The summed E-state index contributed by atoms with van der Waals surface area (Å²) in [6.45, 7) is 0.625. The summed E-state index contributed by atoms with van der Waals surface area (Å²) < 4.78 is 0. The fourth-order valence-corrected chi connectivity index (χ4v) is 1.39. The number of oxime groups is 1. The van der Waals surface area contributed by atoms with E-state index in [1.165, 1.54) is 0 Å². The Bertz CT molecular complexity index is 356. The number of rotatable bonds is 4. The Morgan fingerprint density at radius 1 is 1.73 bits per heavy atom. The lowest BCUT2D eigenvalue weighted by Gasteiger charge is -2.19. The second-order valence-electron chi connectivity index (χ2n) is 3.09. The molecular weight excluding hydrogens is 216 g/mol. The molecule has 1 aromatic heterocycles. The van der Waals surface area contributed by atoms with Crippen LogP contribution in [0.1, 0.15) is 6.42 Å². The van der Waals surface area contributed by atoms with Gasteiger partial charge in [0, 0.05) is 32.4 Å². The Morgan fingerprint density at radius 2 is 2.47 bits per heavy atom. The number of aromatic nitrogens is 1. The van der Waals surface area contributed by atoms with E-state index in [9.17, 15) is 0 Å². The standard InChI is InChI=1S/C9H13ClN4O/c1-14(5-3-9(11)13-15)8-2-4-12-6-7(8)10/h2,4,6,15H,3,5H2,1H3,(H2,11,13). The van der Waals surface area contributed by atoms with Crippen molar-refractivity contribution >= 4 is 23.1 Å². The third-order valence-electron chi connectivity index (χ3n) is 1.99. The molecule has 0 atom stereocenters. The van der Waals surface area contributed by atoms with Crippen molar-refractivity contribution in [1.82, 2.24) is 4.98 Å². The van der Waals surface area contributed by atoms with Gasteiger partial charge in [-0.2, -0.15) is 0 Å². The van der Waals surface area contributed by atoms with Gasteiger partial charge in [0.1, 0.15) is 5.84 Å². The van der Waals surface area contributed by atoms with Crippen LogP contribution in [0, 0.1) is 0 Å². The van der Waals surface area contributed by atoms with Crippen LogP contribution < -0.4 is 10.6 Å². The molecule has 0 amide bonds. The maximum Gasteiger partial charge on any atom is 0.140 e. The number of halogens is 1. The first kappa shape index (κ1) is 11.6. The first-order chi connectivity index (χ1) is 7.15. The van der Waals surface area contributed by atoms with E-state index < -0.39 is 0 Å². The first-order valence-corrected chi connectivity index (χ1v) is 4.80. The van der Waals surface area contributed by atoms with Crippen LogP contribution in [0.2, 0.25) is 5.02 Å². The lowest BCUT2D eigenvalue weighted by Crippen LogP contribution is -2.24. The zero-order valence-electron chi connectivity index (χ0n) is 8.39. The zero-order chi connectivity index (χ0) is 11.3. The molecule has 0 unspecified atom stereocenters. The summed E-state index contributed by atoms with van der Waals surface area (Å²) in [7, 11) is 1.88. The summed E-state index contributed by atoms with van der Waals surface area (Å²) in [5.74, 6) is 0.201. The lowest BCUT2D eigenvalue weighted by molar-refractivity contribution is 0.317. The molecule has 3 N–H and O–H groups in total. The van der Waals surface area contributed by atoms with Crippen LogP contribution in [0.25, 0.3) is 0 Å². The zero-order valence-corrected chi connectivity index (χ0v) is 9.15. The Balaban J connectivity index is 2.61. The minimum Gasteiger partial charge on any atom is -0.409 e. The Kier molecular flexibility index (Phi) is 4.17. The van der Waals surface area contributed by atoms with Crippen LogP contribution in [-0.4, -0.2) is 29.6 Å². The first-order valence-electron chi connectivity index (χ1n) is 4.42. The van der Waals surface area contributed by atoms with Crippen molar-refractivity contribution < 1.29 is 5.21 Å². The van der Waals surface area contributed by atoms with Gasteiger partial charge in [-0.1, -0.05) is 16.8 Å². The van der Waals surface area contributed by atoms with Crippen molar-refractivity contribution in [3.05, 3.63) is 23.5 Å². The molecule has 0 bridgehead atoms. The molecule has 0 aliphatic heterocycles. The van der Waals surface area contributed by atoms with Gasteiger partial charge in [-0.15, -0.1) is 0 Å². The minimum absolute atomic E-state index is 0.201. The molecule has 5 nitrogen and oxygen atoms in total. The third-order valence-corrected chi connectivity index (χ3v) is 2.29. The number of nitrogens with zero attached hydrogens (tertiary/aromatic N) is 3. The van der Waals surface area contributed by atoms with E-state index in [0.717, 1.165) is 5.69 Å². The molecule has 82 valence electrons. The predicted octanol–water partition coefficient (Wildman–Crippen LogP) is 1.31. The highest BCUT2D eigenvalue weighted by atomic mass is 35.5. The Hall–Kier alpha value is -1.49. The van der Waals surface area contributed by atoms with Crippen molar-refractivity contribution in [3.8, 4) is 0 Å². The molecule has 1 heterocycles. The highest BCUT2D eigenvalue weighted by Gasteiger charge is 2.05. The number of hydrogen-bond donors (Lipinski definition) is 2. The molecule has 6 heteroatoms. The molecule has 0 spiro atoms. The van der Waals surface area contributed by atoms with Gasteiger partial charge >= 0.3 is 0 Å². The summed E-state index contributed by atoms with van der Waals surface area (Å²) in [4.78, 5) is 5.81. The normalized spacial score (nSPS) is 11.5. The van der Waals surface area contributed by atoms with E-state index in [0.29, 0.717) is 18.0 Å². The summed E-state index contributed by atoms with van der Waals surface area (Å²) in [5, 5.41) is 11.9. The Morgan fingerprint density at radius 3 is 3.07 bits per heavy atom. The summed E-state index contributed by atoms with van der Waals surface area (Å²) in [6, 6.07) is 1.81. The molecule has 0 aliphatic carbocycles. The lowest BCUT2D eigenvalue weighted by atomic mass is 10.3. The Labute approximate surface area is 93.2 Å². The number of amidine groups is 1. The maximum absolute atomic E-state index is 8.38. The summed E-state index contributed by atoms with van der Waals surface area (Å²) >= 11 is 5.95. The predicted molar refractivity (Wildman–Crippen MR) is 60.5 cm³/mol. The molecule has 1 aromatic rings. The van der Waals surface area contributed by atoms with Gasteiger partial charge in [0.15, 0.2) is 0 Å². The monoisotopic (exact) mass is 228 g/mol. The van der Waals surface area contributed by atoms with Gasteiger partial charge in [-0.05, 0) is 6.07 Å². The molecule has 0 saturated carbocycles. The van der Waals surface area contributed by atoms with E-state index in [-0.39, 0.29) is 5.84 Å². The fourth-order valence-electron chi connectivity index (χ4n) is 1.13. The van der Waals surface area contributed by atoms with E-state index in [1.54, 1.807) is 12.4 Å². The number of nitrogens with two attached hydrogens (primary N) is 1. The van der Waals surface area contributed by atoms with Crippen LogP contribution in [-0.2, 0) is 0 Å². The SMILES string of the molecule is CN(CCC(N)=NO)c1ccncc1Cl. The van der Waals surface area contributed by atoms with Crippen molar-refractivity contribution in [3.63, 3.8) is 0 Å². The largest absolute Gasteiger partial charge is 0.409 e. The topological polar surface area (TPSA) is 74.7 Å². The van der Waals surface area contributed by atoms with Crippen molar-refractivity contribution in [2.24, 2.45) is 10.9 Å². The second-order valence-corrected chi connectivity index (χ2v) is 3.50. The molecule has 0 aromatic carbocycles. The third kappa shape index (κ3) is 3.28. The van der Waals surface area contributed by atoms with E-state index >= 15 is 0 Å². The quantitative estimate of drug-likeness (QED) is 0.353. The minimum atomic E-state index is 0.201. The second kappa shape index (κ2) is 5.41. The number of pyridine rings is 1. The van der Waals surface area contributed by atoms with Gasteiger partial charge in [-0.3, -0.25) is 4.98 Å². The van der Waals surface area contributed by atoms with Crippen LogP contribution in [0.3, 0.4) is 0 Å². The van der Waals surface area contributed by atoms with Crippen molar-refractivity contribution in [1.29, 1.82) is 0 Å². The molecule has 15 heavy (non-hydrogen) atoms. The molecular formula is C9H13ClN4O. The summed E-state index contributed by atoms with van der Waals surface area (Å²) in [6.07, 6.45) is 3.73. The molecule has 1 rings (SSSR count). The van der Waals surface area contributed by atoms with Gasteiger partial charge in [0.25, 0.3) is 0 Å². The van der Waals surface area contributed by atoms with Crippen LogP contribution in [0.4, 0.5) is 5.69 Å². The van der Waals surface area contributed by atoms with E-state index in [1.807, 2.05) is 18.0 Å². The molecule has 0 saturated heterocycles. The van der Waals surface area contributed by atoms with Gasteiger partial charge < -0.3 is 15.8 Å². The van der Waals surface area contributed by atoms with Crippen LogP contribution in [0.5, 0.6) is 0 Å². The fraction of sp³-hybridized carbons (Fsp3) is 0.333. The highest BCUT2D eigenvalue weighted by molar-refractivity contribution is 6.33. The summed E-state index contributed by atoms with van der Waals surface area (Å²) in [5.41, 5.74) is 6.24. The van der Waals surface area contributed by atoms with Gasteiger partial charge in [0.2, 0.25) is 0 Å². The highest BCUT2D eigenvalue weighted by Crippen LogP contribution is 2.22. The van der Waals surface area contributed by atoms with Crippen molar-refractivity contribution in [2.75, 3.05) is 18.5 Å². The number of hydrogen-bond acceptors (Lipinski definition) is 4. The molecule has 0 radical (unpaired) electrons. The molecule has 0 fully saturated rings. The van der Waals surface area contributed by atoms with Gasteiger partial charge in [0.05, 0.1) is 10.7 Å². The van der Waals surface area contributed by atoms with E-state index in [2.05, 4.69) is 10.1 Å². The van der Waals surface area contributed by atoms with Crippen molar-refractivity contribution in [2.45, 2.75) is 6.42 Å². The van der Waals surface area contributed by atoms with E-state index in [4.69, 9.17) is 22.5 Å². The maximum atomic E-state index is 8.38. The number of anilines is 1. The van der Waals surface area contributed by atoms with Gasteiger partial charge in [-0.25, -0.2) is 0 Å². The smallest absolute Gasteiger partial charge is 0.140 e. The van der Waals surface area contributed by atoms with Crippen LogP contribution in [0.15, 0.2) is 23.6 Å². The molecule has 0 aliphatic rings. The van der Waals surface area contributed by atoms with Crippen LogP contribution >= 0.6 is 11.6 Å². The average molecular weight is 229 g/mol.